The Morgan fingerprint density at radius 1 is 1.00 bits per heavy atom. The maximum atomic E-state index is 14.1. The fourth-order valence-corrected chi connectivity index (χ4v) is 10.7. The summed E-state index contributed by atoms with van der Waals surface area (Å²) in [5.41, 5.74) is 1.44. The van der Waals surface area contributed by atoms with Crippen LogP contribution in [0.15, 0.2) is 66.5 Å². The number of β-amino-alcohol motifs (C(OH)–C–C–N with tert-alkyl or cyclic N) is 1. The molecule has 4 atom stereocenters. The molecule has 356 valence electrons. The molecule has 3 aromatic rings. The molecule has 2 saturated heterocycles. The Hall–Kier alpha value is -5.91. The van der Waals surface area contributed by atoms with Crippen molar-refractivity contribution >= 4 is 35.1 Å². The molecule has 1 aliphatic carbocycles. The van der Waals surface area contributed by atoms with Crippen LogP contribution in [0.5, 0.6) is 11.5 Å². The number of benzene rings is 2. The minimum absolute atomic E-state index is 0.0489. The number of aliphatic hydroxyl groups excluding tert-OH is 1. The van der Waals surface area contributed by atoms with Crippen LogP contribution in [0.1, 0.15) is 88.0 Å². The molecule has 4 N–H and O–H groups in total. The van der Waals surface area contributed by atoms with E-state index in [4.69, 9.17) is 25.8 Å². The first-order chi connectivity index (χ1) is 31.8. The number of nitrogens with one attached hydrogen (secondary N) is 3. The summed E-state index contributed by atoms with van der Waals surface area (Å²) < 4.78 is 17.9. The molecular formula is C50H62ClN9O7. The number of aliphatic hydroxyl groups is 1. The lowest BCUT2D eigenvalue weighted by molar-refractivity contribution is -0.164. The monoisotopic (exact) mass is 935 g/mol. The number of pyridine rings is 1. The summed E-state index contributed by atoms with van der Waals surface area (Å²) in [5.74, 6) is 1.03. The number of piperazine rings is 1. The smallest absolute Gasteiger partial charge is 0.253 e. The van der Waals surface area contributed by atoms with Gasteiger partial charge in [-0.25, -0.2) is 4.98 Å². The van der Waals surface area contributed by atoms with Crippen molar-refractivity contribution in [1.82, 2.24) is 30.7 Å². The highest BCUT2D eigenvalue weighted by molar-refractivity contribution is 6.31. The molecule has 0 spiro atoms. The van der Waals surface area contributed by atoms with E-state index in [0.717, 1.165) is 44.2 Å². The molecule has 2 aromatic carbocycles. The van der Waals surface area contributed by atoms with Gasteiger partial charge in [0.2, 0.25) is 11.8 Å². The molecule has 17 heteroatoms. The Bertz CT molecular complexity index is 2440. The zero-order valence-corrected chi connectivity index (χ0v) is 40.3. The second-order valence-electron chi connectivity index (χ2n) is 19.8. The number of hydrogen-bond acceptors (Lipinski definition) is 13. The van der Waals surface area contributed by atoms with Gasteiger partial charge in [-0.15, -0.1) is 0 Å². The standard InChI is InChI=1S/C50H62ClN9O7/c1-30(37-13-9-31(25-52)21-40(37)65-8)55-44(63)39-22-35(61)28-60(39)45(64)42-48(2,3)24-34(56-42)29-66-20-19-58-15-17-59(18-16-58)41-14-11-33(27-54-41)43(62)57-46-49(4,5)47(50(46,6)7)67-36-12-10-32(26-53)38(51)23-36/h9-14,21,23-24,27,30,35,39,42,46-47,56,61H,15-20,22,28-29H2,1-8H3,(H,55,63)(H,57,62)/t30-,35+,39-,42+,46-,47-/m0/s1. The van der Waals surface area contributed by atoms with Gasteiger partial charge in [-0.05, 0) is 43.3 Å². The Morgan fingerprint density at radius 2 is 1.73 bits per heavy atom. The zero-order valence-electron chi connectivity index (χ0n) is 39.6. The number of rotatable bonds is 15. The van der Waals surface area contributed by atoms with Crippen LogP contribution in [0, 0.1) is 38.9 Å². The fourth-order valence-electron chi connectivity index (χ4n) is 10.5. The first-order valence-corrected chi connectivity index (χ1v) is 23.2. The molecule has 0 unspecified atom stereocenters. The lowest BCUT2D eigenvalue weighted by Gasteiger charge is -2.63. The van der Waals surface area contributed by atoms with Crippen molar-refractivity contribution in [3.05, 3.63) is 93.8 Å². The van der Waals surface area contributed by atoms with Crippen LogP contribution >= 0.6 is 11.6 Å². The number of carbonyl (C=O) groups is 3. The third kappa shape index (κ3) is 10.3. The topological polar surface area (TPSA) is 205 Å². The van der Waals surface area contributed by atoms with Gasteiger partial charge in [0.25, 0.3) is 5.91 Å². The highest BCUT2D eigenvalue weighted by Gasteiger charge is 2.64. The summed E-state index contributed by atoms with van der Waals surface area (Å²) >= 11 is 6.25. The third-order valence-corrected chi connectivity index (χ3v) is 14.2. The van der Waals surface area contributed by atoms with Crippen molar-refractivity contribution in [2.75, 3.05) is 64.5 Å². The van der Waals surface area contributed by atoms with Gasteiger partial charge in [0.1, 0.15) is 41.6 Å². The summed E-state index contributed by atoms with van der Waals surface area (Å²) in [6.07, 6.45) is 2.71. The number of nitrogens with zero attached hydrogens (tertiary/aromatic N) is 6. The number of amides is 3. The Labute approximate surface area is 398 Å². The van der Waals surface area contributed by atoms with E-state index in [9.17, 15) is 30.0 Å². The average Bonchev–Trinajstić information content (AvgIpc) is 3.86. The predicted molar refractivity (Wildman–Crippen MR) is 252 cm³/mol. The van der Waals surface area contributed by atoms with E-state index in [2.05, 4.69) is 70.6 Å². The molecule has 3 aliphatic heterocycles. The number of nitriles is 2. The molecule has 1 saturated carbocycles. The van der Waals surface area contributed by atoms with Crippen LogP contribution in [0.4, 0.5) is 5.82 Å². The van der Waals surface area contributed by atoms with Crippen LogP contribution in [0.25, 0.3) is 0 Å². The van der Waals surface area contributed by atoms with E-state index in [0.29, 0.717) is 52.0 Å². The molecule has 67 heavy (non-hydrogen) atoms. The van der Waals surface area contributed by atoms with Crippen LogP contribution in [0.2, 0.25) is 5.02 Å². The normalized spacial score (nSPS) is 24.2. The number of halogens is 1. The molecular weight excluding hydrogens is 874 g/mol. The van der Waals surface area contributed by atoms with Gasteiger partial charge >= 0.3 is 0 Å². The van der Waals surface area contributed by atoms with Crippen molar-refractivity contribution in [3.8, 4) is 23.6 Å². The van der Waals surface area contributed by atoms with Crippen molar-refractivity contribution < 1.29 is 33.7 Å². The van der Waals surface area contributed by atoms with Crippen LogP contribution in [0.3, 0.4) is 0 Å². The Balaban J connectivity index is 0.833. The predicted octanol–water partition coefficient (Wildman–Crippen LogP) is 4.96. The highest BCUT2D eigenvalue weighted by atomic mass is 35.5. The number of likely N-dealkylation sites (tertiary alicyclic amines) is 1. The maximum Gasteiger partial charge on any atom is 0.253 e. The molecule has 3 fully saturated rings. The summed E-state index contributed by atoms with van der Waals surface area (Å²) in [5, 5.41) is 39.0. The highest BCUT2D eigenvalue weighted by Crippen LogP contribution is 2.55. The van der Waals surface area contributed by atoms with E-state index in [1.54, 1.807) is 42.6 Å². The van der Waals surface area contributed by atoms with E-state index in [-0.39, 0.29) is 53.7 Å². The van der Waals surface area contributed by atoms with Gasteiger partial charge in [0, 0.05) is 91.5 Å². The number of carbonyl (C=O) groups excluding carboxylic acids is 3. The van der Waals surface area contributed by atoms with E-state index in [1.807, 2.05) is 39.0 Å². The van der Waals surface area contributed by atoms with Gasteiger partial charge < -0.3 is 45.1 Å². The molecule has 1 aromatic heterocycles. The van der Waals surface area contributed by atoms with Gasteiger partial charge in [-0.1, -0.05) is 65.3 Å². The molecule has 0 radical (unpaired) electrons. The first-order valence-electron chi connectivity index (χ1n) is 22.8. The fraction of sp³-hybridized carbons (Fsp3) is 0.520. The quantitative estimate of drug-likeness (QED) is 0.149. The van der Waals surface area contributed by atoms with Crippen molar-refractivity contribution in [2.45, 2.75) is 91.3 Å². The number of anilines is 1. The lowest BCUT2D eigenvalue weighted by atomic mass is 9.49. The molecule has 16 nitrogen and oxygen atoms in total. The molecule has 0 bridgehead atoms. The Morgan fingerprint density at radius 3 is 2.37 bits per heavy atom. The van der Waals surface area contributed by atoms with Gasteiger partial charge in [0.15, 0.2) is 0 Å². The van der Waals surface area contributed by atoms with Gasteiger partial charge in [-0.3, -0.25) is 19.3 Å². The van der Waals surface area contributed by atoms with Crippen LogP contribution < -0.4 is 30.3 Å². The molecule has 4 aliphatic rings. The molecule has 4 heterocycles. The minimum atomic E-state index is -0.854. The van der Waals surface area contributed by atoms with Crippen LogP contribution in [-0.2, 0) is 14.3 Å². The largest absolute Gasteiger partial charge is 0.496 e. The van der Waals surface area contributed by atoms with Gasteiger partial charge in [0.05, 0.1) is 60.3 Å². The maximum absolute atomic E-state index is 14.1. The number of ether oxygens (including phenoxy) is 3. The SMILES string of the molecule is COc1cc(C#N)ccc1[C@H](C)NC(=O)[C@@H]1C[C@@H](O)CN1C(=O)[C@H]1NC(COCCN2CCN(c3ccc(C(=O)N[C@H]4C(C)(C)[C@H](Oc5ccc(C#N)c(Cl)c5)C4(C)C)cn3)CC2)=CC1(C)C. The molecule has 7 rings (SSSR count). The second-order valence-corrected chi connectivity index (χ2v) is 20.3. The number of hydrogen-bond donors (Lipinski definition) is 4. The van der Waals surface area contributed by atoms with E-state index < -0.39 is 29.6 Å². The lowest BCUT2D eigenvalue weighted by Crippen LogP contribution is -2.74. The summed E-state index contributed by atoms with van der Waals surface area (Å²) in [6.45, 7) is 18.8. The number of aromatic nitrogens is 1. The molecule has 3 amide bonds. The van der Waals surface area contributed by atoms with Crippen LogP contribution in [-0.4, -0.2) is 128 Å². The van der Waals surface area contributed by atoms with Crippen molar-refractivity contribution in [3.63, 3.8) is 0 Å². The average molecular weight is 937 g/mol. The number of methoxy groups -OCH3 is 1. The van der Waals surface area contributed by atoms with E-state index in [1.165, 1.54) is 12.0 Å². The Kier molecular flexibility index (Phi) is 14.4. The minimum Gasteiger partial charge on any atom is -0.496 e. The van der Waals surface area contributed by atoms with E-state index >= 15 is 0 Å². The summed E-state index contributed by atoms with van der Waals surface area (Å²) in [4.78, 5) is 51.9. The van der Waals surface area contributed by atoms with Crippen molar-refractivity contribution in [1.29, 1.82) is 10.5 Å². The summed E-state index contributed by atoms with van der Waals surface area (Å²) in [6, 6.07) is 15.8. The second kappa shape index (κ2) is 19.7. The zero-order chi connectivity index (χ0) is 48.4. The summed E-state index contributed by atoms with van der Waals surface area (Å²) in [7, 11) is 1.50. The third-order valence-electron chi connectivity index (χ3n) is 13.9. The van der Waals surface area contributed by atoms with Crippen molar-refractivity contribution in [2.24, 2.45) is 16.2 Å². The first kappa shape index (κ1) is 49.0. The van der Waals surface area contributed by atoms with Gasteiger partial charge in [-0.2, -0.15) is 10.5 Å².